The van der Waals surface area contributed by atoms with Gasteiger partial charge in [0.25, 0.3) is 0 Å². The van der Waals surface area contributed by atoms with Gasteiger partial charge in [-0.25, -0.2) is 0 Å². The summed E-state index contributed by atoms with van der Waals surface area (Å²) in [6.45, 7) is 3.91. The topological polar surface area (TPSA) is 9.23 Å². The first-order valence-corrected chi connectivity index (χ1v) is 12.0. The van der Waals surface area contributed by atoms with Crippen LogP contribution in [0.4, 0.5) is 0 Å². The predicted molar refractivity (Wildman–Crippen MR) is 123 cm³/mol. The second kappa shape index (κ2) is 20.5. The lowest BCUT2D eigenvalue weighted by molar-refractivity contribution is 0.116. The van der Waals surface area contributed by atoms with Crippen LogP contribution in [0.3, 0.4) is 0 Å². The zero-order chi connectivity index (χ0) is 20.0. The quantitative estimate of drug-likeness (QED) is 0.182. The van der Waals surface area contributed by atoms with E-state index in [1.807, 2.05) is 0 Å². The van der Waals surface area contributed by atoms with Crippen LogP contribution in [0.5, 0.6) is 0 Å². The third-order valence-corrected chi connectivity index (χ3v) is 5.23. The average Bonchev–Trinajstić information content (AvgIpc) is 2.73. The van der Waals surface area contributed by atoms with E-state index >= 15 is 0 Å². The summed E-state index contributed by atoms with van der Waals surface area (Å²) in [7, 11) is 0. The molecular weight excluding hydrogens is 340 g/mol. The van der Waals surface area contributed by atoms with Crippen molar-refractivity contribution in [3.8, 4) is 11.8 Å². The van der Waals surface area contributed by atoms with Crippen molar-refractivity contribution in [3.63, 3.8) is 0 Å². The third kappa shape index (κ3) is 16.9. The summed E-state index contributed by atoms with van der Waals surface area (Å²) in [6.07, 6.45) is 21.1. The van der Waals surface area contributed by atoms with E-state index in [2.05, 4.69) is 49.1 Å². The van der Waals surface area contributed by atoms with Crippen LogP contribution >= 0.6 is 0 Å². The summed E-state index contributed by atoms with van der Waals surface area (Å²) in [4.78, 5) is 0. The molecule has 0 aliphatic carbocycles. The molecule has 0 aliphatic rings. The van der Waals surface area contributed by atoms with Crippen LogP contribution in [0.15, 0.2) is 30.3 Å². The lowest BCUT2D eigenvalue weighted by Crippen LogP contribution is -1.95. The Morgan fingerprint density at radius 3 is 1.68 bits per heavy atom. The Hall–Kier alpha value is -1.26. The molecule has 1 nitrogen and oxygen atoms in total. The Morgan fingerprint density at radius 1 is 0.607 bits per heavy atom. The van der Waals surface area contributed by atoms with Gasteiger partial charge in [-0.2, -0.15) is 0 Å². The van der Waals surface area contributed by atoms with Crippen molar-refractivity contribution in [1.29, 1.82) is 0 Å². The van der Waals surface area contributed by atoms with Gasteiger partial charge in [0.05, 0.1) is 6.61 Å². The molecule has 1 aromatic carbocycles. The molecule has 0 heterocycles. The maximum Gasteiger partial charge on any atom is 0.0716 e. The van der Waals surface area contributed by atoms with Gasteiger partial charge in [0.15, 0.2) is 0 Å². The molecule has 0 saturated heterocycles. The number of hydrogen-bond acceptors (Lipinski definition) is 1. The second-order valence-electron chi connectivity index (χ2n) is 7.99. The Kier molecular flexibility index (Phi) is 18.1. The van der Waals surface area contributed by atoms with Crippen molar-refractivity contribution in [2.75, 3.05) is 6.61 Å². The molecule has 0 aromatic heterocycles. The minimum Gasteiger partial charge on any atom is -0.377 e. The van der Waals surface area contributed by atoms with Crippen LogP contribution in [0.25, 0.3) is 0 Å². The molecule has 1 aromatic rings. The molecule has 158 valence electrons. The van der Waals surface area contributed by atoms with E-state index in [-0.39, 0.29) is 0 Å². The molecule has 0 N–H and O–H groups in total. The molecule has 0 radical (unpaired) electrons. The average molecular weight is 385 g/mol. The summed E-state index contributed by atoms with van der Waals surface area (Å²) >= 11 is 0. The standard InChI is InChI=1S/C27H44O/c1-2-3-4-5-6-7-8-9-10-11-12-13-14-15-16-17-18-22-25-28-26-27-23-20-19-21-24-27/h19-21,23-24H,2-6,9-18,22,25-26H2,1H3. The fraction of sp³-hybridized carbons (Fsp3) is 0.704. The molecule has 0 saturated carbocycles. The molecule has 28 heavy (non-hydrogen) atoms. The van der Waals surface area contributed by atoms with Crippen LogP contribution in [0, 0.1) is 11.8 Å². The van der Waals surface area contributed by atoms with Gasteiger partial charge in [0, 0.05) is 19.4 Å². The summed E-state index contributed by atoms with van der Waals surface area (Å²) < 4.78 is 5.74. The lowest BCUT2D eigenvalue weighted by atomic mass is 10.1. The molecule has 0 aliphatic heterocycles. The van der Waals surface area contributed by atoms with Crippen LogP contribution in [-0.4, -0.2) is 6.61 Å². The number of rotatable bonds is 18. The highest BCUT2D eigenvalue weighted by Gasteiger charge is 1.95. The smallest absolute Gasteiger partial charge is 0.0716 e. The maximum absolute atomic E-state index is 5.74. The monoisotopic (exact) mass is 384 g/mol. The molecular formula is C27H44O. The number of ether oxygens (including phenoxy) is 1. The number of unbranched alkanes of at least 4 members (excludes halogenated alkanes) is 14. The number of benzene rings is 1. The van der Waals surface area contributed by atoms with Gasteiger partial charge in [0.2, 0.25) is 0 Å². The van der Waals surface area contributed by atoms with E-state index in [0.717, 1.165) is 26.1 Å². The van der Waals surface area contributed by atoms with Crippen molar-refractivity contribution in [2.45, 2.75) is 116 Å². The van der Waals surface area contributed by atoms with Gasteiger partial charge in [-0.1, -0.05) is 108 Å². The first-order chi connectivity index (χ1) is 13.9. The van der Waals surface area contributed by atoms with Gasteiger partial charge in [-0.15, -0.1) is 11.8 Å². The molecule has 1 heteroatoms. The van der Waals surface area contributed by atoms with E-state index < -0.39 is 0 Å². The van der Waals surface area contributed by atoms with E-state index in [4.69, 9.17) is 4.74 Å². The van der Waals surface area contributed by atoms with Gasteiger partial charge in [0.1, 0.15) is 0 Å². The third-order valence-electron chi connectivity index (χ3n) is 5.23. The lowest BCUT2D eigenvalue weighted by Gasteiger charge is -2.05. The van der Waals surface area contributed by atoms with E-state index in [9.17, 15) is 0 Å². The summed E-state index contributed by atoms with van der Waals surface area (Å²) in [6, 6.07) is 10.5. The molecule has 0 atom stereocenters. The summed E-state index contributed by atoms with van der Waals surface area (Å²) in [5.74, 6) is 6.69. The Balaban J connectivity index is 1.71. The molecule has 0 bridgehead atoms. The molecule has 0 amide bonds. The van der Waals surface area contributed by atoms with Crippen molar-refractivity contribution in [1.82, 2.24) is 0 Å². The second-order valence-corrected chi connectivity index (χ2v) is 7.99. The van der Waals surface area contributed by atoms with Gasteiger partial charge in [-0.05, 0) is 24.8 Å². The minimum absolute atomic E-state index is 0.755. The predicted octanol–water partition coefficient (Wildman–Crippen LogP) is 8.47. The highest BCUT2D eigenvalue weighted by atomic mass is 16.5. The first kappa shape index (κ1) is 24.8. The van der Waals surface area contributed by atoms with Gasteiger partial charge >= 0.3 is 0 Å². The normalized spacial score (nSPS) is 10.6. The Morgan fingerprint density at radius 2 is 1.11 bits per heavy atom. The van der Waals surface area contributed by atoms with E-state index in [1.54, 1.807) is 0 Å². The fourth-order valence-electron chi connectivity index (χ4n) is 3.41. The zero-order valence-electron chi connectivity index (χ0n) is 18.5. The highest BCUT2D eigenvalue weighted by Crippen LogP contribution is 2.11. The Labute approximate surface area is 175 Å². The zero-order valence-corrected chi connectivity index (χ0v) is 18.5. The van der Waals surface area contributed by atoms with Crippen LogP contribution in [0.2, 0.25) is 0 Å². The minimum atomic E-state index is 0.755. The summed E-state index contributed by atoms with van der Waals surface area (Å²) in [5.41, 5.74) is 1.27. The molecule has 0 spiro atoms. The largest absolute Gasteiger partial charge is 0.377 e. The number of hydrogen-bond donors (Lipinski definition) is 0. The van der Waals surface area contributed by atoms with Crippen molar-refractivity contribution < 1.29 is 4.74 Å². The van der Waals surface area contributed by atoms with Crippen LogP contribution in [-0.2, 0) is 11.3 Å². The fourth-order valence-corrected chi connectivity index (χ4v) is 3.41. The van der Waals surface area contributed by atoms with Crippen LogP contribution in [0.1, 0.15) is 115 Å². The van der Waals surface area contributed by atoms with Gasteiger partial charge < -0.3 is 4.74 Å². The molecule has 0 unspecified atom stereocenters. The Bertz CT molecular complexity index is 482. The van der Waals surface area contributed by atoms with Gasteiger partial charge in [-0.3, -0.25) is 0 Å². The van der Waals surface area contributed by atoms with Crippen molar-refractivity contribution >= 4 is 0 Å². The SMILES string of the molecule is CCCCCCC#CCCCCCCCCCCCCOCc1ccccc1. The molecule has 0 fully saturated rings. The first-order valence-electron chi connectivity index (χ1n) is 12.0. The highest BCUT2D eigenvalue weighted by molar-refractivity contribution is 5.13. The van der Waals surface area contributed by atoms with E-state index in [0.29, 0.717) is 0 Å². The van der Waals surface area contributed by atoms with Crippen LogP contribution < -0.4 is 0 Å². The van der Waals surface area contributed by atoms with E-state index in [1.165, 1.54) is 95.5 Å². The summed E-state index contributed by atoms with van der Waals surface area (Å²) in [5, 5.41) is 0. The maximum atomic E-state index is 5.74. The van der Waals surface area contributed by atoms with Crippen molar-refractivity contribution in [3.05, 3.63) is 35.9 Å². The molecule has 1 rings (SSSR count). The van der Waals surface area contributed by atoms with Crippen molar-refractivity contribution in [2.24, 2.45) is 0 Å².